The summed E-state index contributed by atoms with van der Waals surface area (Å²) in [5.41, 5.74) is 1.87. The Morgan fingerprint density at radius 2 is 1.90 bits per heavy atom. The molecule has 1 N–H and O–H groups in total. The van der Waals surface area contributed by atoms with Gasteiger partial charge >= 0.3 is 0 Å². The fourth-order valence-corrected chi connectivity index (χ4v) is 2.16. The fourth-order valence-electron chi connectivity index (χ4n) is 2.16. The molecular weight excluding hydrogens is 264 g/mol. The van der Waals surface area contributed by atoms with Gasteiger partial charge in [-0.15, -0.1) is 0 Å². The van der Waals surface area contributed by atoms with E-state index in [4.69, 9.17) is 9.78 Å². The average molecular weight is 278 g/mol. The summed E-state index contributed by atoms with van der Waals surface area (Å²) in [6, 6.07) is 15.5. The van der Waals surface area contributed by atoms with Crippen LogP contribution in [0, 0.1) is 11.3 Å². The third-order valence-electron chi connectivity index (χ3n) is 3.52. The number of nitrogens with zero attached hydrogens (tertiary/aromatic N) is 3. The summed E-state index contributed by atoms with van der Waals surface area (Å²) < 4.78 is 5.31. The topological polar surface area (TPSA) is 78.5 Å². The molecule has 0 saturated carbocycles. The van der Waals surface area contributed by atoms with Crippen molar-refractivity contribution in [3.63, 3.8) is 0 Å². The maximum Gasteiger partial charge on any atom is 0.274 e. The van der Waals surface area contributed by atoms with Gasteiger partial charge in [-0.3, -0.25) is 0 Å². The number of H-pyrrole nitrogens is 1. The van der Waals surface area contributed by atoms with Gasteiger partial charge in [0, 0.05) is 0 Å². The van der Waals surface area contributed by atoms with Crippen LogP contribution < -0.4 is 0 Å². The molecule has 0 unspecified atom stereocenters. The summed E-state index contributed by atoms with van der Waals surface area (Å²) in [6.45, 7) is 4.10. The lowest BCUT2D eigenvalue weighted by molar-refractivity contribution is 0.407. The summed E-state index contributed by atoms with van der Waals surface area (Å²) in [6.07, 6.45) is 0. The third-order valence-corrected chi connectivity index (χ3v) is 3.52. The van der Waals surface area contributed by atoms with Gasteiger partial charge in [-0.1, -0.05) is 35.5 Å². The molecule has 104 valence electrons. The normalized spacial score (nSPS) is 11.3. The first-order valence-electron chi connectivity index (χ1n) is 6.60. The lowest BCUT2D eigenvalue weighted by Crippen LogP contribution is -2.20. The predicted molar refractivity (Wildman–Crippen MR) is 77.4 cm³/mol. The maximum absolute atomic E-state index is 8.83. The highest BCUT2D eigenvalue weighted by molar-refractivity contribution is 5.50. The van der Waals surface area contributed by atoms with Gasteiger partial charge in [0.15, 0.2) is 5.82 Å². The van der Waals surface area contributed by atoms with Crippen LogP contribution in [0.1, 0.15) is 30.9 Å². The smallest absolute Gasteiger partial charge is 0.274 e. The molecule has 2 heterocycles. The Morgan fingerprint density at radius 1 is 1.14 bits per heavy atom. The van der Waals surface area contributed by atoms with Gasteiger partial charge in [-0.05, 0) is 31.5 Å². The van der Waals surface area contributed by atoms with E-state index in [-0.39, 0.29) is 5.41 Å². The number of aromatic nitrogens is 3. The van der Waals surface area contributed by atoms with Gasteiger partial charge in [-0.2, -0.15) is 10.2 Å². The number of aromatic amines is 1. The summed E-state index contributed by atoms with van der Waals surface area (Å²) in [5.74, 6) is 0.993. The first kappa shape index (κ1) is 13.1. The molecule has 1 aromatic carbocycles. The van der Waals surface area contributed by atoms with Gasteiger partial charge < -0.3 is 9.51 Å². The summed E-state index contributed by atoms with van der Waals surface area (Å²) in [5, 5.41) is 12.9. The van der Waals surface area contributed by atoms with Crippen LogP contribution in [0.3, 0.4) is 0 Å². The molecule has 0 aliphatic heterocycles. The predicted octanol–water partition coefficient (Wildman–Crippen LogP) is 3.26. The highest BCUT2D eigenvalue weighted by atomic mass is 16.5. The molecule has 3 aromatic rings. The standard InChI is InChI=1S/C16H14N4O/c1-16(2,11-6-4-3-5-7-11)15-19-14(21-20-15)13-9-8-12(10-17)18-13/h3-9,18H,1-2H3. The molecular formula is C16H14N4O. The molecule has 0 radical (unpaired) electrons. The van der Waals surface area contributed by atoms with E-state index >= 15 is 0 Å². The molecule has 3 rings (SSSR count). The SMILES string of the molecule is CC(C)(c1ccccc1)c1noc(-c2ccc(C#N)[nH]2)n1. The van der Waals surface area contributed by atoms with Gasteiger partial charge in [0.25, 0.3) is 5.89 Å². The van der Waals surface area contributed by atoms with Gasteiger partial charge in [-0.25, -0.2) is 0 Å². The molecule has 5 nitrogen and oxygen atoms in total. The minimum atomic E-state index is -0.354. The Hall–Kier alpha value is -2.87. The number of rotatable bonds is 3. The lowest BCUT2D eigenvalue weighted by Gasteiger charge is -2.20. The molecule has 0 aliphatic carbocycles. The van der Waals surface area contributed by atoms with Crippen molar-refractivity contribution in [2.45, 2.75) is 19.3 Å². The zero-order chi connectivity index (χ0) is 14.9. The van der Waals surface area contributed by atoms with Crippen LogP contribution in [0.2, 0.25) is 0 Å². The van der Waals surface area contributed by atoms with Crippen molar-refractivity contribution in [2.75, 3.05) is 0 Å². The summed E-state index contributed by atoms with van der Waals surface area (Å²) in [7, 11) is 0. The molecule has 0 fully saturated rings. The molecule has 0 bridgehead atoms. The molecule has 5 heteroatoms. The Balaban J connectivity index is 1.96. The van der Waals surface area contributed by atoms with Crippen molar-refractivity contribution >= 4 is 0 Å². The Morgan fingerprint density at radius 3 is 2.57 bits per heavy atom. The highest BCUT2D eigenvalue weighted by Crippen LogP contribution is 2.30. The van der Waals surface area contributed by atoms with Crippen LogP contribution in [-0.4, -0.2) is 15.1 Å². The van der Waals surface area contributed by atoms with Crippen molar-refractivity contribution in [3.8, 4) is 17.7 Å². The minimum Gasteiger partial charge on any atom is -0.342 e. The van der Waals surface area contributed by atoms with Crippen LogP contribution in [-0.2, 0) is 5.41 Å². The Labute approximate surface area is 122 Å². The number of nitriles is 1. The van der Waals surface area contributed by atoms with E-state index in [9.17, 15) is 0 Å². The Bertz CT molecular complexity index is 793. The van der Waals surface area contributed by atoms with Crippen molar-refractivity contribution in [2.24, 2.45) is 0 Å². The second kappa shape index (κ2) is 4.91. The van der Waals surface area contributed by atoms with Gasteiger partial charge in [0.1, 0.15) is 17.5 Å². The first-order valence-corrected chi connectivity index (χ1v) is 6.60. The van der Waals surface area contributed by atoms with Crippen LogP contribution in [0.5, 0.6) is 0 Å². The zero-order valence-electron chi connectivity index (χ0n) is 11.8. The summed E-state index contributed by atoms with van der Waals surface area (Å²) in [4.78, 5) is 7.38. The van der Waals surface area contributed by atoms with E-state index in [0.717, 1.165) is 5.56 Å². The van der Waals surface area contributed by atoms with E-state index in [2.05, 4.69) is 15.1 Å². The van der Waals surface area contributed by atoms with Crippen LogP contribution in [0.4, 0.5) is 0 Å². The second-order valence-electron chi connectivity index (χ2n) is 5.31. The molecule has 2 aromatic heterocycles. The number of nitrogens with one attached hydrogen (secondary N) is 1. The first-order chi connectivity index (χ1) is 10.1. The minimum absolute atomic E-state index is 0.354. The second-order valence-corrected chi connectivity index (χ2v) is 5.31. The monoisotopic (exact) mass is 278 g/mol. The molecule has 0 amide bonds. The molecule has 0 atom stereocenters. The molecule has 0 saturated heterocycles. The van der Waals surface area contributed by atoms with Crippen LogP contribution in [0.25, 0.3) is 11.6 Å². The van der Waals surface area contributed by atoms with Gasteiger partial charge in [0.05, 0.1) is 5.41 Å². The van der Waals surface area contributed by atoms with Crippen molar-refractivity contribution in [1.29, 1.82) is 5.26 Å². The highest BCUT2D eigenvalue weighted by Gasteiger charge is 2.29. The van der Waals surface area contributed by atoms with E-state index in [1.165, 1.54) is 0 Å². The van der Waals surface area contributed by atoms with E-state index in [1.807, 2.05) is 50.2 Å². The van der Waals surface area contributed by atoms with Crippen molar-refractivity contribution in [3.05, 3.63) is 59.5 Å². The van der Waals surface area contributed by atoms with E-state index in [1.54, 1.807) is 12.1 Å². The van der Waals surface area contributed by atoms with Crippen molar-refractivity contribution < 1.29 is 4.52 Å². The third kappa shape index (κ3) is 2.32. The number of hydrogen-bond acceptors (Lipinski definition) is 4. The zero-order valence-corrected chi connectivity index (χ0v) is 11.8. The lowest BCUT2D eigenvalue weighted by atomic mass is 9.84. The average Bonchev–Trinajstić information content (AvgIpc) is 3.17. The fraction of sp³-hybridized carbons (Fsp3) is 0.188. The van der Waals surface area contributed by atoms with E-state index in [0.29, 0.717) is 23.1 Å². The maximum atomic E-state index is 8.83. The largest absolute Gasteiger partial charge is 0.342 e. The van der Waals surface area contributed by atoms with Gasteiger partial charge in [0.2, 0.25) is 0 Å². The summed E-state index contributed by atoms with van der Waals surface area (Å²) >= 11 is 0. The van der Waals surface area contributed by atoms with Crippen LogP contribution >= 0.6 is 0 Å². The molecule has 0 aliphatic rings. The number of benzene rings is 1. The Kier molecular flexibility index (Phi) is 3.07. The van der Waals surface area contributed by atoms with E-state index < -0.39 is 0 Å². The molecule has 21 heavy (non-hydrogen) atoms. The van der Waals surface area contributed by atoms with Crippen molar-refractivity contribution in [1.82, 2.24) is 15.1 Å². The number of hydrogen-bond donors (Lipinski definition) is 1. The quantitative estimate of drug-likeness (QED) is 0.797. The molecule has 0 spiro atoms. The van der Waals surface area contributed by atoms with Crippen LogP contribution in [0.15, 0.2) is 47.0 Å².